The molecule has 0 amide bonds. The minimum Gasteiger partial charge on any atom is -0.469 e. The quantitative estimate of drug-likeness (QED) is 0.259. The molecule has 0 aromatic rings. The van der Waals surface area contributed by atoms with E-state index in [0.29, 0.717) is 0 Å². The van der Waals surface area contributed by atoms with Crippen molar-refractivity contribution < 1.29 is 19.1 Å². The first kappa shape index (κ1) is 10.5. The number of carbonyl (C=O) groups is 2. The van der Waals surface area contributed by atoms with Gasteiger partial charge in [-0.1, -0.05) is 6.92 Å². The molecule has 0 N–H and O–H groups in total. The van der Waals surface area contributed by atoms with E-state index in [4.69, 9.17) is 5.53 Å². The first-order chi connectivity index (χ1) is 5.61. The molecule has 0 saturated carbocycles. The minimum absolute atomic E-state index is 0.00324. The topological polar surface area (TPSA) is 79.8 Å². The zero-order valence-corrected chi connectivity index (χ0v) is 6.98. The third-order valence-corrected chi connectivity index (χ3v) is 1.31. The lowest BCUT2D eigenvalue weighted by molar-refractivity contribution is -0.146. The van der Waals surface area contributed by atoms with Crippen molar-refractivity contribution >= 4 is 18.0 Å². The van der Waals surface area contributed by atoms with E-state index in [9.17, 15) is 9.59 Å². The monoisotopic (exact) mass is 170 g/mol. The fourth-order valence-corrected chi connectivity index (χ4v) is 0.703. The van der Waals surface area contributed by atoms with Crippen molar-refractivity contribution in [3.8, 4) is 0 Å². The van der Waals surface area contributed by atoms with Gasteiger partial charge in [0.1, 0.15) is 0 Å². The smallest absolute Gasteiger partial charge is 0.323 e. The molecular weight excluding hydrogens is 160 g/mol. The lowest BCUT2D eigenvalue weighted by atomic mass is 10.1. The highest BCUT2D eigenvalue weighted by Gasteiger charge is 2.17. The van der Waals surface area contributed by atoms with Crippen LogP contribution in [-0.2, 0) is 14.3 Å². The summed E-state index contributed by atoms with van der Waals surface area (Å²) in [7, 11) is 1.25. The maximum atomic E-state index is 10.8. The summed E-state index contributed by atoms with van der Waals surface area (Å²) in [6, 6.07) is 0. The van der Waals surface area contributed by atoms with Crippen LogP contribution in [0.2, 0.25) is 0 Å². The fraction of sp³-hybridized carbons (Fsp3) is 0.571. The van der Waals surface area contributed by atoms with Gasteiger partial charge in [-0.2, -0.15) is 4.79 Å². The van der Waals surface area contributed by atoms with Crippen molar-refractivity contribution in [2.75, 3.05) is 7.11 Å². The number of rotatable bonds is 4. The molecule has 0 bridgehead atoms. The Kier molecular flexibility index (Phi) is 4.57. The first-order valence-electron chi connectivity index (χ1n) is 3.40. The van der Waals surface area contributed by atoms with Crippen LogP contribution in [0.25, 0.3) is 5.53 Å². The van der Waals surface area contributed by atoms with Crippen molar-refractivity contribution in [2.45, 2.75) is 13.3 Å². The SMILES string of the molecule is COC(=O)C(C)CC(=O)C=[N+]=[N-]. The molecule has 0 spiro atoms. The van der Waals surface area contributed by atoms with Gasteiger partial charge in [-0.25, -0.2) is 0 Å². The lowest BCUT2D eigenvalue weighted by Gasteiger charge is -2.03. The van der Waals surface area contributed by atoms with Crippen molar-refractivity contribution in [1.29, 1.82) is 0 Å². The van der Waals surface area contributed by atoms with Gasteiger partial charge in [0.05, 0.1) is 13.0 Å². The summed E-state index contributed by atoms with van der Waals surface area (Å²) in [4.78, 5) is 24.1. The van der Waals surface area contributed by atoms with Crippen LogP contribution in [0.4, 0.5) is 0 Å². The maximum absolute atomic E-state index is 10.8. The summed E-state index contributed by atoms with van der Waals surface area (Å²) in [6.45, 7) is 1.56. The highest BCUT2D eigenvalue weighted by molar-refractivity contribution is 6.25. The second kappa shape index (κ2) is 5.21. The third kappa shape index (κ3) is 3.63. The fourth-order valence-electron chi connectivity index (χ4n) is 0.703. The minimum atomic E-state index is -0.500. The molecule has 5 heteroatoms. The van der Waals surface area contributed by atoms with Gasteiger partial charge in [0, 0.05) is 6.42 Å². The Balaban J connectivity index is 4.00. The van der Waals surface area contributed by atoms with Crippen LogP contribution >= 0.6 is 0 Å². The summed E-state index contributed by atoms with van der Waals surface area (Å²) < 4.78 is 4.39. The average Bonchev–Trinajstić information content (AvgIpc) is 2.03. The molecule has 12 heavy (non-hydrogen) atoms. The van der Waals surface area contributed by atoms with Crippen molar-refractivity contribution in [1.82, 2.24) is 0 Å². The predicted molar refractivity (Wildman–Crippen MR) is 40.5 cm³/mol. The number of Topliss-reactive ketones (excluding diaryl/α,β-unsaturated/α-hetero) is 1. The van der Waals surface area contributed by atoms with E-state index in [2.05, 4.69) is 9.53 Å². The molecule has 0 aromatic carbocycles. The number of esters is 1. The molecule has 1 unspecified atom stereocenters. The van der Waals surface area contributed by atoms with E-state index in [-0.39, 0.29) is 6.42 Å². The van der Waals surface area contributed by atoms with E-state index in [0.717, 1.165) is 6.21 Å². The van der Waals surface area contributed by atoms with Crippen LogP contribution in [-0.4, -0.2) is 29.9 Å². The molecule has 0 aromatic heterocycles. The zero-order valence-electron chi connectivity index (χ0n) is 6.98. The molecule has 0 radical (unpaired) electrons. The van der Waals surface area contributed by atoms with Gasteiger partial charge >= 0.3 is 12.2 Å². The van der Waals surface area contributed by atoms with Gasteiger partial charge in [0.25, 0.3) is 0 Å². The number of ketones is 1. The van der Waals surface area contributed by atoms with E-state index >= 15 is 0 Å². The molecule has 5 nitrogen and oxygen atoms in total. The highest BCUT2D eigenvalue weighted by atomic mass is 16.5. The van der Waals surface area contributed by atoms with Crippen LogP contribution in [0, 0.1) is 5.92 Å². The number of hydrogen-bond donors (Lipinski definition) is 0. The van der Waals surface area contributed by atoms with Crippen LogP contribution in [0.3, 0.4) is 0 Å². The van der Waals surface area contributed by atoms with Crippen LogP contribution in [0.1, 0.15) is 13.3 Å². The summed E-state index contributed by atoms with van der Waals surface area (Å²) in [5.41, 5.74) is 7.98. The van der Waals surface area contributed by atoms with Gasteiger partial charge < -0.3 is 10.3 Å². The highest BCUT2D eigenvalue weighted by Crippen LogP contribution is 2.03. The number of carbonyl (C=O) groups excluding carboxylic acids is 2. The Morgan fingerprint density at radius 1 is 1.67 bits per heavy atom. The van der Waals surface area contributed by atoms with Crippen molar-refractivity contribution in [3.63, 3.8) is 0 Å². The van der Waals surface area contributed by atoms with Crippen LogP contribution < -0.4 is 0 Å². The molecule has 0 rings (SSSR count). The molecular formula is C7H10N2O3. The van der Waals surface area contributed by atoms with Crippen molar-refractivity contribution in [3.05, 3.63) is 5.53 Å². The normalized spacial score (nSPS) is 11.2. The Bertz CT molecular complexity index is 231. The number of hydrogen-bond acceptors (Lipinski definition) is 3. The Hall–Kier alpha value is -1.48. The number of ether oxygens (including phenoxy) is 1. The Labute approximate surface area is 69.9 Å². The van der Waals surface area contributed by atoms with Gasteiger partial charge in [0.2, 0.25) is 5.78 Å². The van der Waals surface area contributed by atoms with Crippen molar-refractivity contribution in [2.24, 2.45) is 5.92 Å². The molecule has 0 heterocycles. The second-order valence-corrected chi connectivity index (χ2v) is 2.34. The molecule has 0 aliphatic carbocycles. The van der Waals surface area contributed by atoms with E-state index < -0.39 is 17.7 Å². The molecule has 0 aliphatic heterocycles. The number of methoxy groups -OCH3 is 1. The van der Waals surface area contributed by atoms with E-state index in [1.54, 1.807) is 6.92 Å². The summed E-state index contributed by atoms with van der Waals surface area (Å²) >= 11 is 0. The first-order valence-corrected chi connectivity index (χ1v) is 3.40. The average molecular weight is 170 g/mol. The van der Waals surface area contributed by atoms with E-state index in [1.165, 1.54) is 7.11 Å². The summed E-state index contributed by atoms with van der Waals surface area (Å²) in [5, 5.41) is 0. The number of nitrogens with zero attached hydrogens (tertiary/aromatic N) is 2. The summed E-state index contributed by atoms with van der Waals surface area (Å²) in [6.07, 6.45) is 0.760. The molecule has 0 fully saturated rings. The van der Waals surface area contributed by atoms with Gasteiger partial charge in [-0.15, -0.1) is 0 Å². The van der Waals surface area contributed by atoms with Crippen LogP contribution in [0.5, 0.6) is 0 Å². The van der Waals surface area contributed by atoms with Gasteiger partial charge in [0.15, 0.2) is 0 Å². The van der Waals surface area contributed by atoms with Gasteiger partial charge in [-0.05, 0) is 0 Å². The molecule has 0 aliphatic rings. The Morgan fingerprint density at radius 3 is 2.67 bits per heavy atom. The standard InChI is InChI=1S/C7H10N2O3/c1-5(7(11)12-2)3-6(10)4-9-8/h4-5H,3H2,1-2H3. The third-order valence-electron chi connectivity index (χ3n) is 1.31. The largest absolute Gasteiger partial charge is 0.469 e. The van der Waals surface area contributed by atoms with E-state index in [1.807, 2.05) is 0 Å². The Morgan fingerprint density at radius 2 is 2.25 bits per heavy atom. The van der Waals surface area contributed by atoms with Gasteiger partial charge in [-0.3, -0.25) is 9.59 Å². The second-order valence-electron chi connectivity index (χ2n) is 2.34. The molecule has 1 atom stereocenters. The zero-order chi connectivity index (χ0) is 9.56. The summed E-state index contributed by atoms with van der Waals surface area (Å²) in [5.74, 6) is -1.36. The predicted octanol–water partition coefficient (Wildman–Crippen LogP) is 0.0553. The lowest BCUT2D eigenvalue weighted by Crippen LogP contribution is -2.17. The maximum Gasteiger partial charge on any atom is 0.323 e. The molecule has 66 valence electrons. The van der Waals surface area contributed by atoms with Crippen LogP contribution in [0.15, 0.2) is 0 Å². The molecule has 0 saturated heterocycles.